The van der Waals surface area contributed by atoms with Crippen LogP contribution in [-0.2, 0) is 20.8 Å². The maximum Gasteiger partial charge on any atom is 0.342 e. The highest BCUT2D eigenvalue weighted by Gasteiger charge is 2.26. The SMILES string of the molecule is CCn1nc(-c2cccs2)c(C(=O)OCCOC(C)=O)c(Nc2cncc3ccccc23)c1=O. The number of rotatable bonds is 8. The van der Waals surface area contributed by atoms with Crippen molar-refractivity contribution in [3.05, 3.63) is 70.1 Å². The lowest BCUT2D eigenvalue weighted by Gasteiger charge is -2.17. The molecule has 9 nitrogen and oxygen atoms in total. The number of aromatic nitrogens is 3. The summed E-state index contributed by atoms with van der Waals surface area (Å²) in [5.41, 5.74) is 0.464. The molecule has 10 heteroatoms. The van der Waals surface area contributed by atoms with Crippen molar-refractivity contribution in [1.82, 2.24) is 14.8 Å². The van der Waals surface area contributed by atoms with Gasteiger partial charge in [-0.05, 0) is 18.4 Å². The van der Waals surface area contributed by atoms with Crippen molar-refractivity contribution in [3.63, 3.8) is 0 Å². The van der Waals surface area contributed by atoms with Crippen LogP contribution < -0.4 is 10.9 Å². The predicted octanol–water partition coefficient (Wildman–Crippen LogP) is 4.00. The van der Waals surface area contributed by atoms with E-state index in [9.17, 15) is 14.4 Å². The van der Waals surface area contributed by atoms with Crippen LogP contribution in [0.5, 0.6) is 0 Å². The smallest absolute Gasteiger partial charge is 0.342 e. The van der Waals surface area contributed by atoms with Crippen LogP contribution >= 0.6 is 11.3 Å². The van der Waals surface area contributed by atoms with Gasteiger partial charge in [0, 0.05) is 30.4 Å². The second-order valence-corrected chi connectivity index (χ2v) is 8.15. The molecule has 0 amide bonds. The number of pyridine rings is 1. The van der Waals surface area contributed by atoms with Gasteiger partial charge >= 0.3 is 11.9 Å². The Kier molecular flexibility index (Phi) is 6.98. The van der Waals surface area contributed by atoms with Crippen LogP contribution in [-0.4, -0.2) is 39.9 Å². The molecule has 0 aliphatic rings. The third-order valence-corrected chi connectivity index (χ3v) is 5.84. The molecule has 0 unspecified atom stereocenters. The molecular formula is C24H22N4O5S. The zero-order chi connectivity index (χ0) is 24.1. The summed E-state index contributed by atoms with van der Waals surface area (Å²) in [6, 6.07) is 11.2. The van der Waals surface area contributed by atoms with Crippen LogP contribution in [0.1, 0.15) is 24.2 Å². The van der Waals surface area contributed by atoms with Gasteiger partial charge in [0.2, 0.25) is 0 Å². The summed E-state index contributed by atoms with van der Waals surface area (Å²) in [7, 11) is 0. The first-order chi connectivity index (χ1) is 16.5. The van der Waals surface area contributed by atoms with Gasteiger partial charge in [0.1, 0.15) is 30.2 Å². The monoisotopic (exact) mass is 478 g/mol. The Bertz CT molecular complexity index is 1390. The maximum absolute atomic E-state index is 13.4. The molecule has 3 heterocycles. The topological polar surface area (TPSA) is 112 Å². The summed E-state index contributed by atoms with van der Waals surface area (Å²) in [5, 5.41) is 11.2. The van der Waals surface area contributed by atoms with Gasteiger partial charge in [0.25, 0.3) is 5.56 Å². The van der Waals surface area contributed by atoms with Gasteiger partial charge in [-0.15, -0.1) is 11.3 Å². The minimum atomic E-state index is -0.751. The molecule has 1 aromatic carbocycles. The number of ether oxygens (including phenoxy) is 2. The molecule has 1 N–H and O–H groups in total. The van der Waals surface area contributed by atoms with Crippen molar-refractivity contribution in [2.24, 2.45) is 0 Å². The standard InChI is InChI=1S/C24H22N4O5S/c1-3-28-23(30)22(26-18-14-25-13-16-7-4-5-8-17(16)18)20(21(27-28)19-9-6-12-34-19)24(31)33-11-10-32-15(2)29/h4-9,12-14,26H,3,10-11H2,1-2H3. The van der Waals surface area contributed by atoms with Crippen LogP contribution in [0.4, 0.5) is 11.4 Å². The highest BCUT2D eigenvalue weighted by molar-refractivity contribution is 7.13. The number of nitrogens with zero attached hydrogens (tertiary/aromatic N) is 3. The molecule has 0 saturated carbocycles. The summed E-state index contributed by atoms with van der Waals surface area (Å²) in [5.74, 6) is -1.23. The van der Waals surface area contributed by atoms with E-state index in [4.69, 9.17) is 9.47 Å². The maximum atomic E-state index is 13.4. The van der Waals surface area contributed by atoms with E-state index in [1.54, 1.807) is 19.3 Å². The van der Waals surface area contributed by atoms with Crippen molar-refractivity contribution in [3.8, 4) is 10.6 Å². The summed E-state index contributed by atoms with van der Waals surface area (Å²) in [6.07, 6.45) is 3.32. The molecule has 0 bridgehead atoms. The lowest BCUT2D eigenvalue weighted by molar-refractivity contribution is -0.142. The first kappa shape index (κ1) is 23.1. The first-order valence-electron chi connectivity index (χ1n) is 10.6. The molecule has 0 aliphatic heterocycles. The van der Waals surface area contributed by atoms with Crippen LogP contribution in [0.2, 0.25) is 0 Å². The number of aryl methyl sites for hydroxylation is 1. The van der Waals surface area contributed by atoms with E-state index < -0.39 is 17.5 Å². The van der Waals surface area contributed by atoms with Crippen molar-refractivity contribution in [2.45, 2.75) is 20.4 Å². The highest BCUT2D eigenvalue weighted by atomic mass is 32.1. The fraction of sp³-hybridized carbons (Fsp3) is 0.208. The molecule has 4 rings (SSSR count). The van der Waals surface area contributed by atoms with Crippen molar-refractivity contribution >= 4 is 45.4 Å². The number of hydrogen-bond acceptors (Lipinski definition) is 9. The Hall–Kier alpha value is -4.05. The Labute approximate surface area is 199 Å². The van der Waals surface area contributed by atoms with E-state index in [0.717, 1.165) is 10.8 Å². The third-order valence-electron chi connectivity index (χ3n) is 4.96. The van der Waals surface area contributed by atoms with Crippen LogP contribution in [0, 0.1) is 0 Å². The molecule has 0 spiro atoms. The van der Waals surface area contributed by atoms with Crippen LogP contribution in [0.3, 0.4) is 0 Å². The van der Waals surface area contributed by atoms with Gasteiger partial charge in [-0.1, -0.05) is 30.3 Å². The predicted molar refractivity (Wildman–Crippen MR) is 129 cm³/mol. The van der Waals surface area contributed by atoms with Gasteiger partial charge in [-0.25, -0.2) is 9.48 Å². The number of benzene rings is 1. The molecule has 4 aromatic rings. The van der Waals surface area contributed by atoms with Crippen molar-refractivity contribution in [1.29, 1.82) is 0 Å². The number of nitrogens with one attached hydrogen (secondary N) is 1. The largest absolute Gasteiger partial charge is 0.462 e. The number of esters is 2. The van der Waals surface area contributed by atoms with Crippen molar-refractivity contribution < 1.29 is 19.1 Å². The minimum Gasteiger partial charge on any atom is -0.462 e. The minimum absolute atomic E-state index is 0.00732. The lowest BCUT2D eigenvalue weighted by atomic mass is 10.1. The first-order valence-corrected chi connectivity index (χ1v) is 11.5. The van der Waals surface area contributed by atoms with Crippen molar-refractivity contribution in [2.75, 3.05) is 18.5 Å². The zero-order valence-electron chi connectivity index (χ0n) is 18.6. The summed E-state index contributed by atoms with van der Waals surface area (Å²) >= 11 is 1.39. The van der Waals surface area contributed by atoms with E-state index in [0.29, 0.717) is 22.8 Å². The number of anilines is 2. The normalized spacial score (nSPS) is 10.8. The quantitative estimate of drug-likeness (QED) is 0.299. The fourth-order valence-electron chi connectivity index (χ4n) is 3.43. The second kappa shape index (κ2) is 10.3. The van der Waals surface area contributed by atoms with Gasteiger partial charge in [0.15, 0.2) is 0 Å². The molecule has 0 fully saturated rings. The van der Waals surface area contributed by atoms with Gasteiger partial charge < -0.3 is 14.8 Å². The number of carbonyl (C=O) groups is 2. The summed E-state index contributed by atoms with van der Waals surface area (Å²) in [6.45, 7) is 3.12. The van der Waals surface area contributed by atoms with E-state index >= 15 is 0 Å². The van der Waals surface area contributed by atoms with Crippen LogP contribution in [0.25, 0.3) is 21.3 Å². The summed E-state index contributed by atoms with van der Waals surface area (Å²) < 4.78 is 11.5. The average Bonchev–Trinajstić information content (AvgIpc) is 3.37. The van der Waals surface area contributed by atoms with E-state index in [2.05, 4.69) is 15.4 Å². The number of hydrogen-bond donors (Lipinski definition) is 1. The van der Waals surface area contributed by atoms with Crippen LogP contribution in [0.15, 0.2) is 59.0 Å². The molecule has 0 saturated heterocycles. The molecular weight excluding hydrogens is 456 g/mol. The Balaban J connectivity index is 1.85. The molecule has 0 atom stereocenters. The second-order valence-electron chi connectivity index (χ2n) is 7.21. The Morgan fingerprint density at radius 3 is 2.62 bits per heavy atom. The number of fused-ring (bicyclic) bond motifs is 1. The third kappa shape index (κ3) is 4.81. The zero-order valence-corrected chi connectivity index (χ0v) is 19.4. The Morgan fingerprint density at radius 1 is 1.09 bits per heavy atom. The van der Waals surface area contributed by atoms with Gasteiger partial charge in [0.05, 0.1) is 16.8 Å². The lowest BCUT2D eigenvalue weighted by Crippen LogP contribution is -2.29. The fourth-order valence-corrected chi connectivity index (χ4v) is 4.14. The number of carbonyl (C=O) groups excluding carboxylic acids is 2. The van der Waals surface area contributed by atoms with E-state index in [-0.39, 0.29) is 24.5 Å². The Morgan fingerprint density at radius 2 is 1.88 bits per heavy atom. The molecule has 0 radical (unpaired) electrons. The molecule has 34 heavy (non-hydrogen) atoms. The van der Waals surface area contributed by atoms with Gasteiger partial charge in [-0.2, -0.15) is 5.10 Å². The van der Waals surface area contributed by atoms with Gasteiger partial charge in [-0.3, -0.25) is 14.6 Å². The highest BCUT2D eigenvalue weighted by Crippen LogP contribution is 2.32. The van der Waals surface area contributed by atoms with E-state index in [1.807, 2.05) is 41.8 Å². The number of thiophene rings is 1. The molecule has 0 aliphatic carbocycles. The van der Waals surface area contributed by atoms with E-state index in [1.165, 1.54) is 22.9 Å². The molecule has 3 aromatic heterocycles. The molecule has 174 valence electrons. The average molecular weight is 479 g/mol. The summed E-state index contributed by atoms with van der Waals surface area (Å²) in [4.78, 5) is 42.6.